The molecule has 0 spiro atoms. The molecule has 122 valence electrons. The van der Waals surface area contributed by atoms with Gasteiger partial charge in [0.2, 0.25) is 0 Å². The summed E-state index contributed by atoms with van der Waals surface area (Å²) in [5.74, 6) is 0. The topological polar surface area (TPSA) is 15.3 Å². The van der Waals surface area contributed by atoms with Crippen LogP contribution in [0, 0.1) is 20.8 Å². The van der Waals surface area contributed by atoms with Gasteiger partial charge >= 0.3 is 0 Å². The number of aryl methyl sites for hydroxylation is 3. The highest BCUT2D eigenvalue weighted by atomic mass is 15.1. The van der Waals surface area contributed by atoms with Gasteiger partial charge in [0.1, 0.15) is 0 Å². The van der Waals surface area contributed by atoms with Crippen LogP contribution in [0.2, 0.25) is 0 Å². The highest BCUT2D eigenvalue weighted by Gasteiger charge is 2.19. The van der Waals surface area contributed by atoms with Crippen molar-refractivity contribution in [2.75, 3.05) is 18.0 Å². The lowest BCUT2D eigenvalue weighted by atomic mass is 9.98. The summed E-state index contributed by atoms with van der Waals surface area (Å²) >= 11 is 0. The van der Waals surface area contributed by atoms with Gasteiger partial charge < -0.3 is 10.2 Å². The molecule has 1 N–H and O–H groups in total. The number of hydrogen-bond acceptors (Lipinski definition) is 2. The maximum atomic E-state index is 3.78. The number of rotatable bonds is 4. The SMILES string of the molecule is Cc1cc(C)c(CNC2CCN(c3ccccc3)CC2)c(C)c1. The summed E-state index contributed by atoms with van der Waals surface area (Å²) in [4.78, 5) is 2.50. The molecule has 1 saturated heterocycles. The van der Waals surface area contributed by atoms with Crippen molar-refractivity contribution in [3.8, 4) is 0 Å². The first-order valence-electron chi connectivity index (χ1n) is 8.73. The van der Waals surface area contributed by atoms with Crippen LogP contribution in [-0.2, 0) is 6.54 Å². The van der Waals surface area contributed by atoms with Gasteiger partial charge in [-0.15, -0.1) is 0 Å². The number of anilines is 1. The standard InChI is InChI=1S/C21H28N2/c1-16-13-17(2)21(18(3)14-16)15-22-19-9-11-23(12-10-19)20-7-5-4-6-8-20/h4-8,13-14,19,22H,9-12,15H2,1-3H3. The minimum Gasteiger partial charge on any atom is -0.371 e. The highest BCUT2D eigenvalue weighted by molar-refractivity contribution is 5.46. The molecule has 1 aliphatic heterocycles. The lowest BCUT2D eigenvalue weighted by Gasteiger charge is -2.34. The zero-order chi connectivity index (χ0) is 16.2. The van der Waals surface area contributed by atoms with Crippen molar-refractivity contribution >= 4 is 5.69 Å². The van der Waals surface area contributed by atoms with Crippen LogP contribution in [0.4, 0.5) is 5.69 Å². The summed E-state index contributed by atoms with van der Waals surface area (Å²) in [6, 6.07) is 16.0. The second kappa shape index (κ2) is 7.18. The van der Waals surface area contributed by atoms with Crippen LogP contribution in [0.1, 0.15) is 35.1 Å². The van der Waals surface area contributed by atoms with E-state index in [4.69, 9.17) is 0 Å². The number of benzene rings is 2. The van der Waals surface area contributed by atoms with Gasteiger partial charge in [-0.2, -0.15) is 0 Å². The van der Waals surface area contributed by atoms with Crippen molar-refractivity contribution in [3.63, 3.8) is 0 Å². The molecule has 1 aliphatic rings. The van der Waals surface area contributed by atoms with Gasteiger partial charge in [0.25, 0.3) is 0 Å². The third-order valence-electron chi connectivity index (χ3n) is 5.02. The first kappa shape index (κ1) is 16.1. The molecule has 0 atom stereocenters. The van der Waals surface area contributed by atoms with Crippen LogP contribution in [0.15, 0.2) is 42.5 Å². The Bertz CT molecular complexity index is 617. The van der Waals surface area contributed by atoms with Gasteiger partial charge in [-0.3, -0.25) is 0 Å². The summed E-state index contributed by atoms with van der Waals surface area (Å²) in [6.07, 6.45) is 2.44. The van der Waals surface area contributed by atoms with E-state index in [1.165, 1.54) is 40.8 Å². The van der Waals surface area contributed by atoms with Crippen molar-refractivity contribution in [2.45, 2.75) is 46.2 Å². The molecule has 2 nitrogen and oxygen atoms in total. The van der Waals surface area contributed by atoms with E-state index in [0.717, 1.165) is 19.6 Å². The molecule has 0 unspecified atom stereocenters. The molecule has 2 aromatic carbocycles. The van der Waals surface area contributed by atoms with Gasteiger partial charge in [0.15, 0.2) is 0 Å². The fourth-order valence-electron chi connectivity index (χ4n) is 3.72. The summed E-state index contributed by atoms with van der Waals surface area (Å²) in [5, 5.41) is 3.78. The molecule has 1 heterocycles. The lowest BCUT2D eigenvalue weighted by Crippen LogP contribution is -2.42. The van der Waals surface area contributed by atoms with Crippen LogP contribution >= 0.6 is 0 Å². The van der Waals surface area contributed by atoms with Gasteiger partial charge in [-0.05, 0) is 62.4 Å². The predicted octanol–water partition coefficient (Wildman–Crippen LogP) is 4.37. The normalized spacial score (nSPS) is 15.9. The second-order valence-electron chi connectivity index (χ2n) is 6.86. The summed E-state index contributed by atoms with van der Waals surface area (Å²) in [5.41, 5.74) is 7.02. The number of para-hydroxylation sites is 1. The number of hydrogen-bond donors (Lipinski definition) is 1. The average molecular weight is 308 g/mol. The zero-order valence-electron chi connectivity index (χ0n) is 14.6. The van der Waals surface area contributed by atoms with E-state index in [9.17, 15) is 0 Å². The molecule has 23 heavy (non-hydrogen) atoms. The molecule has 0 radical (unpaired) electrons. The van der Waals surface area contributed by atoms with E-state index >= 15 is 0 Å². The minimum absolute atomic E-state index is 0.634. The summed E-state index contributed by atoms with van der Waals surface area (Å²) in [7, 11) is 0. The third kappa shape index (κ3) is 3.94. The Balaban J connectivity index is 1.54. The second-order valence-corrected chi connectivity index (χ2v) is 6.86. The van der Waals surface area contributed by atoms with Gasteiger partial charge in [0.05, 0.1) is 0 Å². The van der Waals surface area contributed by atoms with E-state index in [1.54, 1.807) is 0 Å². The first-order valence-corrected chi connectivity index (χ1v) is 8.73. The van der Waals surface area contributed by atoms with Crippen LogP contribution in [0.5, 0.6) is 0 Å². The molecular weight excluding hydrogens is 280 g/mol. The van der Waals surface area contributed by atoms with Crippen LogP contribution in [-0.4, -0.2) is 19.1 Å². The molecule has 1 fully saturated rings. The van der Waals surface area contributed by atoms with Crippen LogP contribution in [0.25, 0.3) is 0 Å². The largest absolute Gasteiger partial charge is 0.371 e. The maximum Gasteiger partial charge on any atom is 0.0366 e. The van der Waals surface area contributed by atoms with E-state index < -0.39 is 0 Å². The molecule has 0 aliphatic carbocycles. The fraction of sp³-hybridized carbons (Fsp3) is 0.429. The molecule has 2 aromatic rings. The zero-order valence-corrected chi connectivity index (χ0v) is 14.6. The Hall–Kier alpha value is -1.80. The monoisotopic (exact) mass is 308 g/mol. The Labute approximate surface area is 140 Å². The minimum atomic E-state index is 0.634. The predicted molar refractivity (Wildman–Crippen MR) is 99.2 cm³/mol. The van der Waals surface area contributed by atoms with Crippen molar-refractivity contribution in [2.24, 2.45) is 0 Å². The van der Waals surface area contributed by atoms with E-state index in [0.29, 0.717) is 6.04 Å². The van der Waals surface area contributed by atoms with E-state index in [1.807, 2.05) is 0 Å². The van der Waals surface area contributed by atoms with Crippen molar-refractivity contribution in [3.05, 3.63) is 64.7 Å². The Morgan fingerprint density at radius 1 is 0.957 bits per heavy atom. The number of piperidine rings is 1. The fourth-order valence-corrected chi connectivity index (χ4v) is 3.72. The van der Waals surface area contributed by atoms with E-state index in [2.05, 4.69) is 73.5 Å². The molecule has 3 rings (SSSR count). The van der Waals surface area contributed by atoms with Crippen molar-refractivity contribution in [1.82, 2.24) is 5.32 Å². The maximum absolute atomic E-state index is 3.78. The Kier molecular flexibility index (Phi) is 5.02. The quantitative estimate of drug-likeness (QED) is 0.902. The van der Waals surface area contributed by atoms with Gasteiger partial charge in [-0.1, -0.05) is 35.9 Å². The number of nitrogens with zero attached hydrogens (tertiary/aromatic N) is 1. The molecule has 0 bridgehead atoms. The van der Waals surface area contributed by atoms with Crippen molar-refractivity contribution < 1.29 is 0 Å². The van der Waals surface area contributed by atoms with Crippen LogP contribution < -0.4 is 10.2 Å². The lowest BCUT2D eigenvalue weighted by molar-refractivity contribution is 0.413. The first-order chi connectivity index (χ1) is 11.1. The Morgan fingerprint density at radius 2 is 1.57 bits per heavy atom. The molecule has 0 saturated carbocycles. The van der Waals surface area contributed by atoms with Crippen molar-refractivity contribution in [1.29, 1.82) is 0 Å². The van der Waals surface area contributed by atoms with E-state index in [-0.39, 0.29) is 0 Å². The molecule has 0 aromatic heterocycles. The van der Waals surface area contributed by atoms with Crippen LogP contribution in [0.3, 0.4) is 0 Å². The summed E-state index contributed by atoms with van der Waals surface area (Å²) < 4.78 is 0. The number of nitrogens with one attached hydrogen (secondary N) is 1. The molecule has 2 heteroatoms. The Morgan fingerprint density at radius 3 is 2.17 bits per heavy atom. The van der Waals surface area contributed by atoms with Gasteiger partial charge in [-0.25, -0.2) is 0 Å². The highest BCUT2D eigenvalue weighted by Crippen LogP contribution is 2.21. The molecular formula is C21H28N2. The summed E-state index contributed by atoms with van der Waals surface area (Å²) in [6.45, 7) is 9.93. The third-order valence-corrected chi connectivity index (χ3v) is 5.02. The average Bonchev–Trinajstić information content (AvgIpc) is 2.55. The van der Waals surface area contributed by atoms with Gasteiger partial charge in [0, 0.05) is 31.4 Å². The smallest absolute Gasteiger partial charge is 0.0366 e. The molecule has 0 amide bonds.